The van der Waals surface area contributed by atoms with Gasteiger partial charge in [-0.1, -0.05) is 53.0 Å². The van der Waals surface area contributed by atoms with Crippen molar-refractivity contribution in [3.8, 4) is 17.2 Å². The zero-order valence-corrected chi connectivity index (χ0v) is 22.3. The lowest BCUT2D eigenvalue weighted by molar-refractivity contribution is -0.123. The molecule has 37 heavy (non-hydrogen) atoms. The monoisotopic (exact) mass is 563 g/mol. The van der Waals surface area contributed by atoms with Crippen molar-refractivity contribution in [2.75, 3.05) is 25.1 Å². The molecule has 0 aliphatic rings. The molecular formula is C26H24Cl3N3O5. The molecule has 194 valence electrons. The van der Waals surface area contributed by atoms with Gasteiger partial charge in [-0.2, -0.15) is 5.10 Å². The van der Waals surface area contributed by atoms with E-state index < -0.39 is 5.91 Å². The summed E-state index contributed by atoms with van der Waals surface area (Å²) in [5.74, 6) is 0.190. The molecule has 2 amide bonds. The smallest absolute Gasteiger partial charge is 0.277 e. The van der Waals surface area contributed by atoms with Crippen LogP contribution in [0.4, 0.5) is 5.69 Å². The minimum atomic E-state index is -0.520. The van der Waals surface area contributed by atoms with E-state index >= 15 is 0 Å². The zero-order valence-electron chi connectivity index (χ0n) is 20.0. The number of benzene rings is 3. The minimum absolute atomic E-state index is 0.154. The standard InChI is InChI=1S/C26H24Cl3N3O5/c1-3-35-22-10-17(8-9-21(22)36-14-24(33)31-20-7-5-4-6-16(20)2)13-30-32-25(34)15-37-23-12-18(27)11-19(28)26(23)29/h4-13H,3,14-15H2,1-2H3,(H,31,33)(H,32,34)/b30-13-. The van der Waals surface area contributed by atoms with E-state index in [2.05, 4.69) is 15.8 Å². The van der Waals surface area contributed by atoms with Crippen LogP contribution in [-0.4, -0.2) is 37.8 Å². The molecule has 0 unspecified atom stereocenters. The summed E-state index contributed by atoms with van der Waals surface area (Å²) in [6, 6.07) is 15.4. The Kier molecular flexibility index (Phi) is 10.4. The number of hydrogen-bond acceptors (Lipinski definition) is 6. The van der Waals surface area contributed by atoms with E-state index in [0.29, 0.717) is 28.7 Å². The van der Waals surface area contributed by atoms with Crippen LogP contribution in [0.2, 0.25) is 15.1 Å². The summed E-state index contributed by atoms with van der Waals surface area (Å²) in [4.78, 5) is 24.4. The van der Waals surface area contributed by atoms with Crippen LogP contribution >= 0.6 is 34.8 Å². The van der Waals surface area contributed by atoms with Gasteiger partial charge in [-0.15, -0.1) is 0 Å². The predicted molar refractivity (Wildman–Crippen MR) is 146 cm³/mol. The fourth-order valence-electron chi connectivity index (χ4n) is 3.03. The molecule has 0 atom stereocenters. The third-order valence-electron chi connectivity index (χ3n) is 4.77. The molecule has 0 aliphatic carbocycles. The Morgan fingerprint density at radius 1 is 0.892 bits per heavy atom. The number of nitrogens with one attached hydrogen (secondary N) is 2. The van der Waals surface area contributed by atoms with Crippen LogP contribution in [0, 0.1) is 6.92 Å². The SMILES string of the molecule is CCOc1cc(/C=N\NC(=O)COc2cc(Cl)cc(Cl)c2Cl)ccc1OCC(=O)Nc1ccccc1C. The Balaban J connectivity index is 1.54. The first-order valence-corrected chi connectivity index (χ1v) is 12.2. The molecule has 8 nitrogen and oxygen atoms in total. The number of hydrogen-bond donors (Lipinski definition) is 2. The van der Waals surface area contributed by atoms with Crippen LogP contribution in [0.15, 0.2) is 59.7 Å². The average Bonchev–Trinajstić information content (AvgIpc) is 2.86. The molecule has 2 N–H and O–H groups in total. The van der Waals surface area contributed by atoms with Crippen molar-refractivity contribution in [3.05, 3.63) is 80.8 Å². The molecule has 0 heterocycles. The molecular weight excluding hydrogens is 541 g/mol. The Morgan fingerprint density at radius 3 is 2.38 bits per heavy atom. The highest BCUT2D eigenvalue weighted by Gasteiger charge is 2.12. The average molecular weight is 565 g/mol. The van der Waals surface area contributed by atoms with Crippen molar-refractivity contribution in [2.24, 2.45) is 5.10 Å². The molecule has 3 aromatic rings. The number of anilines is 1. The maximum Gasteiger partial charge on any atom is 0.277 e. The van der Waals surface area contributed by atoms with Crippen LogP contribution < -0.4 is 25.0 Å². The number of nitrogens with zero attached hydrogens (tertiary/aromatic N) is 1. The molecule has 0 saturated carbocycles. The van der Waals surface area contributed by atoms with Gasteiger partial charge in [0.1, 0.15) is 10.8 Å². The summed E-state index contributed by atoms with van der Waals surface area (Å²) in [6.07, 6.45) is 1.43. The second kappa shape index (κ2) is 13.7. The molecule has 3 aromatic carbocycles. The highest BCUT2D eigenvalue weighted by molar-refractivity contribution is 6.44. The Hall–Kier alpha value is -3.46. The van der Waals surface area contributed by atoms with Crippen LogP contribution in [0.25, 0.3) is 0 Å². The summed E-state index contributed by atoms with van der Waals surface area (Å²) in [6.45, 7) is 3.57. The topological polar surface area (TPSA) is 98.2 Å². The predicted octanol–water partition coefficient (Wildman–Crippen LogP) is 5.90. The summed E-state index contributed by atoms with van der Waals surface area (Å²) in [7, 11) is 0. The van der Waals surface area contributed by atoms with Gasteiger partial charge in [0.2, 0.25) is 0 Å². The Labute approximate surface area is 229 Å². The summed E-state index contributed by atoms with van der Waals surface area (Å²) < 4.78 is 16.7. The van der Waals surface area contributed by atoms with E-state index in [4.69, 9.17) is 49.0 Å². The highest BCUT2D eigenvalue weighted by Crippen LogP contribution is 2.35. The van der Waals surface area contributed by atoms with Gasteiger partial charge in [-0.05, 0) is 55.3 Å². The van der Waals surface area contributed by atoms with Gasteiger partial charge in [0, 0.05) is 16.8 Å². The van der Waals surface area contributed by atoms with Crippen LogP contribution in [-0.2, 0) is 9.59 Å². The van der Waals surface area contributed by atoms with Gasteiger partial charge in [0.05, 0.1) is 17.8 Å². The lowest BCUT2D eigenvalue weighted by Crippen LogP contribution is -2.24. The molecule has 3 rings (SSSR count). The molecule has 0 saturated heterocycles. The molecule has 0 aromatic heterocycles. The zero-order chi connectivity index (χ0) is 26.8. The largest absolute Gasteiger partial charge is 0.490 e. The van der Waals surface area contributed by atoms with Crippen LogP contribution in [0.3, 0.4) is 0 Å². The summed E-state index contributed by atoms with van der Waals surface area (Å²) >= 11 is 17.9. The lowest BCUT2D eigenvalue weighted by Gasteiger charge is -2.13. The van der Waals surface area contributed by atoms with Crippen molar-refractivity contribution in [2.45, 2.75) is 13.8 Å². The van der Waals surface area contributed by atoms with Crippen molar-refractivity contribution in [3.63, 3.8) is 0 Å². The Bertz CT molecular complexity index is 1300. The van der Waals surface area contributed by atoms with Crippen LogP contribution in [0.1, 0.15) is 18.1 Å². The summed E-state index contributed by atoms with van der Waals surface area (Å²) in [5.41, 5.74) is 4.66. The van der Waals surface area contributed by atoms with Gasteiger partial charge in [-0.25, -0.2) is 5.43 Å². The number of ether oxygens (including phenoxy) is 3. The van der Waals surface area contributed by atoms with Crippen LogP contribution in [0.5, 0.6) is 17.2 Å². The first-order valence-electron chi connectivity index (χ1n) is 11.1. The van der Waals surface area contributed by atoms with Gasteiger partial charge in [0.25, 0.3) is 11.8 Å². The summed E-state index contributed by atoms with van der Waals surface area (Å²) in [5, 5.41) is 7.43. The van der Waals surface area contributed by atoms with E-state index in [-0.39, 0.29) is 34.9 Å². The molecule has 0 fully saturated rings. The van der Waals surface area contributed by atoms with Gasteiger partial charge in [0.15, 0.2) is 24.7 Å². The van der Waals surface area contributed by atoms with Crippen molar-refractivity contribution in [1.29, 1.82) is 0 Å². The first kappa shape index (κ1) is 28.1. The van der Waals surface area contributed by atoms with Gasteiger partial charge in [-0.3, -0.25) is 9.59 Å². The normalized spacial score (nSPS) is 10.7. The van der Waals surface area contributed by atoms with Gasteiger partial charge < -0.3 is 19.5 Å². The fourth-order valence-corrected chi connectivity index (χ4v) is 3.67. The van der Waals surface area contributed by atoms with Crippen molar-refractivity contribution >= 4 is 58.5 Å². The van der Waals surface area contributed by atoms with E-state index in [1.165, 1.54) is 18.3 Å². The van der Waals surface area contributed by atoms with E-state index in [0.717, 1.165) is 11.3 Å². The third kappa shape index (κ3) is 8.56. The Morgan fingerprint density at radius 2 is 1.62 bits per heavy atom. The number of aryl methyl sites for hydroxylation is 1. The number of amides is 2. The number of para-hydroxylation sites is 1. The molecule has 0 spiro atoms. The number of rotatable bonds is 11. The first-order chi connectivity index (χ1) is 17.8. The quantitative estimate of drug-likeness (QED) is 0.172. The number of carbonyl (C=O) groups excluding carboxylic acids is 2. The third-order valence-corrected chi connectivity index (χ3v) is 5.77. The van der Waals surface area contributed by atoms with E-state index in [1.807, 2.05) is 38.1 Å². The number of carbonyl (C=O) groups is 2. The van der Waals surface area contributed by atoms with E-state index in [1.54, 1.807) is 18.2 Å². The van der Waals surface area contributed by atoms with Crippen molar-refractivity contribution < 1.29 is 23.8 Å². The van der Waals surface area contributed by atoms with E-state index in [9.17, 15) is 9.59 Å². The second-order valence-electron chi connectivity index (χ2n) is 7.57. The number of hydrazone groups is 1. The highest BCUT2D eigenvalue weighted by atomic mass is 35.5. The fraction of sp³-hybridized carbons (Fsp3) is 0.192. The molecule has 0 bridgehead atoms. The van der Waals surface area contributed by atoms with Gasteiger partial charge >= 0.3 is 0 Å². The van der Waals surface area contributed by atoms with Crippen molar-refractivity contribution in [1.82, 2.24) is 5.43 Å². The lowest BCUT2D eigenvalue weighted by atomic mass is 10.2. The second-order valence-corrected chi connectivity index (χ2v) is 8.79. The maximum absolute atomic E-state index is 12.3. The minimum Gasteiger partial charge on any atom is -0.490 e. The number of halogens is 3. The molecule has 0 radical (unpaired) electrons. The maximum atomic E-state index is 12.3. The molecule has 0 aliphatic heterocycles. The molecule has 11 heteroatoms.